The maximum atomic E-state index is 5.46. The standard InChI is InChI=1S/C16H25NO/c1-11-5-8-16(18-4)15(9-11)13(3)17-12(2)10-14-6-7-14/h5,8-9,12-14,17H,6-7,10H2,1-4H3. The van der Waals surface area contributed by atoms with Crippen molar-refractivity contribution in [2.45, 2.75) is 52.1 Å². The Morgan fingerprint density at radius 1 is 1.33 bits per heavy atom. The summed E-state index contributed by atoms with van der Waals surface area (Å²) in [4.78, 5) is 0. The van der Waals surface area contributed by atoms with Gasteiger partial charge in [0.1, 0.15) is 5.75 Å². The fraction of sp³-hybridized carbons (Fsp3) is 0.625. The van der Waals surface area contributed by atoms with E-state index in [4.69, 9.17) is 4.74 Å². The second kappa shape index (κ2) is 5.75. The van der Waals surface area contributed by atoms with Crippen molar-refractivity contribution in [3.8, 4) is 5.75 Å². The quantitative estimate of drug-likeness (QED) is 0.824. The van der Waals surface area contributed by atoms with Crippen LogP contribution < -0.4 is 10.1 Å². The van der Waals surface area contributed by atoms with Crippen LogP contribution in [0, 0.1) is 12.8 Å². The number of nitrogens with one attached hydrogen (secondary N) is 1. The van der Waals surface area contributed by atoms with Crippen molar-refractivity contribution in [1.82, 2.24) is 5.32 Å². The molecule has 0 radical (unpaired) electrons. The average Bonchev–Trinajstić information content (AvgIpc) is 3.12. The predicted molar refractivity (Wildman–Crippen MR) is 76.1 cm³/mol. The van der Waals surface area contributed by atoms with Gasteiger partial charge in [-0.1, -0.05) is 30.5 Å². The van der Waals surface area contributed by atoms with Crippen LogP contribution in [0.4, 0.5) is 0 Å². The highest BCUT2D eigenvalue weighted by Crippen LogP contribution is 2.34. The first kappa shape index (κ1) is 13.4. The van der Waals surface area contributed by atoms with E-state index in [1.54, 1.807) is 7.11 Å². The van der Waals surface area contributed by atoms with Crippen molar-refractivity contribution in [3.05, 3.63) is 29.3 Å². The van der Waals surface area contributed by atoms with Gasteiger partial charge in [0.2, 0.25) is 0 Å². The predicted octanol–water partition coefficient (Wildman–Crippen LogP) is 3.84. The van der Waals surface area contributed by atoms with Gasteiger partial charge < -0.3 is 10.1 Å². The molecule has 2 unspecified atom stereocenters. The van der Waals surface area contributed by atoms with Crippen molar-refractivity contribution < 1.29 is 4.74 Å². The van der Waals surface area contributed by atoms with E-state index in [0.717, 1.165) is 11.7 Å². The van der Waals surface area contributed by atoms with Gasteiger partial charge in [0, 0.05) is 17.6 Å². The van der Waals surface area contributed by atoms with Crippen LogP contribution >= 0.6 is 0 Å². The second-order valence-electron chi connectivity index (χ2n) is 5.71. The van der Waals surface area contributed by atoms with Crippen molar-refractivity contribution in [1.29, 1.82) is 0 Å². The van der Waals surface area contributed by atoms with Gasteiger partial charge in [0.15, 0.2) is 0 Å². The van der Waals surface area contributed by atoms with Crippen LogP contribution in [0.15, 0.2) is 18.2 Å². The third-order valence-corrected chi connectivity index (χ3v) is 3.77. The maximum absolute atomic E-state index is 5.46. The van der Waals surface area contributed by atoms with Gasteiger partial charge in [-0.25, -0.2) is 0 Å². The van der Waals surface area contributed by atoms with Crippen molar-refractivity contribution in [2.24, 2.45) is 5.92 Å². The topological polar surface area (TPSA) is 21.3 Å². The normalized spacial score (nSPS) is 18.4. The Labute approximate surface area is 111 Å². The van der Waals surface area contributed by atoms with Gasteiger partial charge in [0.05, 0.1) is 7.11 Å². The summed E-state index contributed by atoms with van der Waals surface area (Å²) in [5.74, 6) is 1.96. The molecule has 1 aliphatic rings. The van der Waals surface area contributed by atoms with Gasteiger partial charge in [-0.3, -0.25) is 0 Å². The Bertz CT molecular complexity index is 398. The number of methoxy groups -OCH3 is 1. The number of aryl methyl sites for hydroxylation is 1. The Morgan fingerprint density at radius 3 is 2.67 bits per heavy atom. The van der Waals surface area contributed by atoms with E-state index in [0.29, 0.717) is 12.1 Å². The minimum absolute atomic E-state index is 0.341. The van der Waals surface area contributed by atoms with Crippen LogP contribution in [-0.4, -0.2) is 13.2 Å². The molecular formula is C16H25NO. The van der Waals surface area contributed by atoms with E-state index in [-0.39, 0.29) is 0 Å². The zero-order chi connectivity index (χ0) is 13.1. The summed E-state index contributed by atoms with van der Waals surface area (Å²) >= 11 is 0. The van der Waals surface area contributed by atoms with E-state index in [9.17, 15) is 0 Å². The molecular weight excluding hydrogens is 222 g/mol. The number of hydrogen-bond donors (Lipinski definition) is 1. The molecule has 1 aromatic rings. The van der Waals surface area contributed by atoms with E-state index < -0.39 is 0 Å². The molecule has 0 bridgehead atoms. The lowest BCUT2D eigenvalue weighted by atomic mass is 10.0. The summed E-state index contributed by atoms with van der Waals surface area (Å²) in [6, 6.07) is 7.31. The lowest BCUT2D eigenvalue weighted by Crippen LogP contribution is -2.29. The third-order valence-electron chi connectivity index (χ3n) is 3.77. The Kier molecular flexibility index (Phi) is 4.28. The smallest absolute Gasteiger partial charge is 0.123 e. The lowest BCUT2D eigenvalue weighted by Gasteiger charge is -2.22. The van der Waals surface area contributed by atoms with Crippen LogP contribution in [-0.2, 0) is 0 Å². The molecule has 0 amide bonds. The summed E-state index contributed by atoms with van der Waals surface area (Å²) in [6.45, 7) is 6.64. The van der Waals surface area contributed by atoms with Gasteiger partial charge in [-0.05, 0) is 39.2 Å². The summed E-state index contributed by atoms with van der Waals surface area (Å²) in [6.07, 6.45) is 4.15. The maximum Gasteiger partial charge on any atom is 0.123 e. The molecule has 2 rings (SSSR count). The van der Waals surface area contributed by atoms with Crippen molar-refractivity contribution in [2.75, 3.05) is 7.11 Å². The minimum Gasteiger partial charge on any atom is -0.496 e. The molecule has 2 nitrogen and oxygen atoms in total. The summed E-state index contributed by atoms with van der Waals surface area (Å²) in [5.41, 5.74) is 2.55. The van der Waals surface area contributed by atoms with Gasteiger partial charge >= 0.3 is 0 Å². The fourth-order valence-electron chi connectivity index (χ4n) is 2.63. The number of ether oxygens (including phenoxy) is 1. The number of hydrogen-bond acceptors (Lipinski definition) is 2. The Morgan fingerprint density at radius 2 is 2.06 bits per heavy atom. The van der Waals surface area contributed by atoms with Crippen LogP contribution in [0.25, 0.3) is 0 Å². The molecule has 2 atom stereocenters. The zero-order valence-corrected chi connectivity index (χ0v) is 12.0. The first-order valence-corrected chi connectivity index (χ1v) is 7.00. The molecule has 0 spiro atoms. The number of benzene rings is 1. The van der Waals surface area contributed by atoms with Crippen LogP contribution in [0.5, 0.6) is 5.75 Å². The van der Waals surface area contributed by atoms with Crippen LogP contribution in [0.2, 0.25) is 0 Å². The highest BCUT2D eigenvalue weighted by molar-refractivity contribution is 5.38. The van der Waals surface area contributed by atoms with E-state index in [2.05, 4.69) is 44.3 Å². The van der Waals surface area contributed by atoms with E-state index >= 15 is 0 Å². The fourth-order valence-corrected chi connectivity index (χ4v) is 2.63. The minimum atomic E-state index is 0.341. The Balaban J connectivity index is 2.01. The summed E-state index contributed by atoms with van der Waals surface area (Å²) < 4.78 is 5.46. The molecule has 1 aromatic carbocycles. The molecule has 1 aliphatic carbocycles. The van der Waals surface area contributed by atoms with E-state index in [1.807, 2.05) is 0 Å². The molecule has 1 saturated carbocycles. The highest BCUT2D eigenvalue weighted by Gasteiger charge is 2.24. The summed E-state index contributed by atoms with van der Waals surface area (Å²) in [5, 5.41) is 3.69. The highest BCUT2D eigenvalue weighted by atomic mass is 16.5. The molecule has 0 saturated heterocycles. The van der Waals surface area contributed by atoms with Crippen LogP contribution in [0.3, 0.4) is 0 Å². The molecule has 0 aliphatic heterocycles. The lowest BCUT2D eigenvalue weighted by molar-refractivity contribution is 0.389. The molecule has 0 heterocycles. The molecule has 2 heteroatoms. The first-order chi connectivity index (χ1) is 8.60. The Hall–Kier alpha value is -1.02. The third kappa shape index (κ3) is 3.49. The zero-order valence-electron chi connectivity index (χ0n) is 12.0. The molecule has 1 N–H and O–H groups in total. The molecule has 18 heavy (non-hydrogen) atoms. The summed E-state index contributed by atoms with van der Waals surface area (Å²) in [7, 11) is 1.74. The van der Waals surface area contributed by atoms with Crippen molar-refractivity contribution in [3.63, 3.8) is 0 Å². The van der Waals surface area contributed by atoms with E-state index in [1.165, 1.54) is 30.4 Å². The van der Waals surface area contributed by atoms with Gasteiger partial charge in [-0.15, -0.1) is 0 Å². The average molecular weight is 247 g/mol. The van der Waals surface area contributed by atoms with Crippen molar-refractivity contribution >= 4 is 0 Å². The molecule has 1 fully saturated rings. The number of rotatable bonds is 6. The van der Waals surface area contributed by atoms with Gasteiger partial charge in [0.25, 0.3) is 0 Å². The van der Waals surface area contributed by atoms with Crippen LogP contribution in [0.1, 0.15) is 50.3 Å². The monoisotopic (exact) mass is 247 g/mol. The largest absolute Gasteiger partial charge is 0.496 e. The molecule has 100 valence electrons. The first-order valence-electron chi connectivity index (χ1n) is 7.00. The SMILES string of the molecule is COc1ccc(C)cc1C(C)NC(C)CC1CC1. The van der Waals surface area contributed by atoms with Gasteiger partial charge in [-0.2, -0.15) is 0 Å². The molecule has 0 aromatic heterocycles. The second-order valence-corrected chi connectivity index (χ2v) is 5.71.